The molecule has 0 aromatic heterocycles. The molecule has 1 unspecified atom stereocenters. The molecule has 0 amide bonds. The monoisotopic (exact) mass is 269 g/mol. The lowest BCUT2D eigenvalue weighted by atomic mass is 10.0. The molecule has 0 aliphatic carbocycles. The Kier molecular flexibility index (Phi) is 5.82. The second-order valence-electron chi connectivity index (χ2n) is 4.93. The highest BCUT2D eigenvalue weighted by atomic mass is 32.2. The van der Waals surface area contributed by atoms with Crippen LogP contribution in [0.15, 0.2) is 30.3 Å². The van der Waals surface area contributed by atoms with Crippen LogP contribution in [0.5, 0.6) is 0 Å². The molecule has 3 nitrogen and oxygen atoms in total. The molecule has 1 rings (SSSR count). The second-order valence-corrected chi connectivity index (χ2v) is 7.61. The van der Waals surface area contributed by atoms with Crippen molar-refractivity contribution in [3.63, 3.8) is 0 Å². The molecule has 18 heavy (non-hydrogen) atoms. The predicted octanol–water partition coefficient (Wildman–Crippen LogP) is 2.20. The Labute approximate surface area is 111 Å². The van der Waals surface area contributed by atoms with Gasteiger partial charge in [0, 0.05) is 13.1 Å². The zero-order chi connectivity index (χ0) is 13.6. The van der Waals surface area contributed by atoms with E-state index in [9.17, 15) is 8.42 Å². The Morgan fingerprint density at radius 3 is 2.28 bits per heavy atom. The summed E-state index contributed by atoms with van der Waals surface area (Å²) in [5.74, 6) is 0.611. The Morgan fingerprint density at radius 1 is 1.11 bits per heavy atom. The zero-order valence-electron chi connectivity index (χ0n) is 11.4. The van der Waals surface area contributed by atoms with E-state index in [1.165, 1.54) is 5.56 Å². The first kappa shape index (κ1) is 15.2. The second kappa shape index (κ2) is 6.90. The van der Waals surface area contributed by atoms with Crippen molar-refractivity contribution >= 4 is 9.84 Å². The van der Waals surface area contributed by atoms with Crippen molar-refractivity contribution in [3.8, 4) is 0 Å². The maximum Gasteiger partial charge on any atom is 0.153 e. The molecule has 0 fully saturated rings. The number of hydrogen-bond acceptors (Lipinski definition) is 3. The zero-order valence-corrected chi connectivity index (χ0v) is 12.2. The van der Waals surface area contributed by atoms with Crippen LogP contribution in [0.2, 0.25) is 0 Å². The first-order valence-corrected chi connectivity index (χ1v) is 8.12. The van der Waals surface area contributed by atoms with Gasteiger partial charge in [0.1, 0.15) is 0 Å². The molecule has 1 N–H and O–H groups in total. The van der Waals surface area contributed by atoms with Crippen LogP contribution in [-0.4, -0.2) is 32.5 Å². The Balaban J connectivity index is 2.31. The normalized spacial score (nSPS) is 13.8. The molecule has 1 aromatic rings. The number of benzene rings is 1. The molecular weight excluding hydrogens is 246 g/mol. The van der Waals surface area contributed by atoms with Gasteiger partial charge in [0.25, 0.3) is 0 Å². The average molecular weight is 269 g/mol. The van der Waals surface area contributed by atoms with Crippen molar-refractivity contribution in [2.24, 2.45) is 0 Å². The minimum Gasteiger partial charge on any atom is -0.315 e. The highest BCUT2D eigenvalue weighted by Crippen LogP contribution is 2.12. The van der Waals surface area contributed by atoms with Crippen molar-refractivity contribution in [2.75, 3.05) is 18.8 Å². The fourth-order valence-electron chi connectivity index (χ4n) is 1.67. The third-order valence-electron chi connectivity index (χ3n) is 3.10. The molecule has 1 atom stereocenters. The van der Waals surface area contributed by atoms with Crippen LogP contribution >= 0.6 is 0 Å². The lowest BCUT2D eigenvalue weighted by Crippen LogP contribution is -2.29. The van der Waals surface area contributed by atoms with E-state index < -0.39 is 9.84 Å². The lowest BCUT2D eigenvalue weighted by molar-refractivity contribution is 0.577. The molecule has 0 aliphatic rings. The van der Waals surface area contributed by atoms with Crippen molar-refractivity contribution < 1.29 is 8.42 Å². The van der Waals surface area contributed by atoms with E-state index in [2.05, 4.69) is 24.4 Å². The third kappa shape index (κ3) is 4.78. The molecule has 102 valence electrons. The van der Waals surface area contributed by atoms with Gasteiger partial charge in [0.15, 0.2) is 9.84 Å². The summed E-state index contributed by atoms with van der Waals surface area (Å²) < 4.78 is 23.2. The van der Waals surface area contributed by atoms with E-state index >= 15 is 0 Å². The molecule has 0 saturated carbocycles. The molecular formula is C14H23NO2S. The number of hydrogen-bond donors (Lipinski definition) is 1. The summed E-state index contributed by atoms with van der Waals surface area (Å²) in [6, 6.07) is 10.2. The van der Waals surface area contributed by atoms with E-state index in [-0.39, 0.29) is 11.0 Å². The number of sulfone groups is 1. The lowest BCUT2D eigenvalue weighted by Gasteiger charge is -2.13. The summed E-state index contributed by atoms with van der Waals surface area (Å²) in [6.45, 7) is 6.92. The van der Waals surface area contributed by atoms with Crippen LogP contribution in [0.1, 0.15) is 32.3 Å². The van der Waals surface area contributed by atoms with Gasteiger partial charge in [-0.3, -0.25) is 0 Å². The van der Waals surface area contributed by atoms with Gasteiger partial charge in [0.2, 0.25) is 0 Å². The SMILES string of the molecule is CC(CNCCS(=O)(=O)C(C)C)c1ccccc1. The molecule has 0 saturated heterocycles. The molecule has 0 radical (unpaired) electrons. The minimum absolute atomic E-state index is 0.214. The van der Waals surface area contributed by atoms with Crippen molar-refractivity contribution in [1.82, 2.24) is 5.32 Å². The van der Waals surface area contributed by atoms with E-state index in [0.29, 0.717) is 12.5 Å². The maximum atomic E-state index is 11.6. The summed E-state index contributed by atoms with van der Waals surface area (Å²) >= 11 is 0. The molecule has 0 spiro atoms. The van der Waals surface area contributed by atoms with Crippen LogP contribution in [0.25, 0.3) is 0 Å². The van der Waals surface area contributed by atoms with Crippen molar-refractivity contribution in [3.05, 3.63) is 35.9 Å². The van der Waals surface area contributed by atoms with Crippen LogP contribution in [0.3, 0.4) is 0 Å². The molecule has 0 aliphatic heterocycles. The van der Waals surface area contributed by atoms with Crippen LogP contribution < -0.4 is 5.32 Å². The first-order valence-electron chi connectivity index (χ1n) is 6.40. The number of nitrogens with one attached hydrogen (secondary N) is 1. The van der Waals surface area contributed by atoms with Crippen LogP contribution in [-0.2, 0) is 9.84 Å². The topological polar surface area (TPSA) is 46.2 Å². The highest BCUT2D eigenvalue weighted by Gasteiger charge is 2.15. The molecule has 0 bridgehead atoms. The first-order chi connectivity index (χ1) is 8.43. The Bertz CT molecular complexity index is 440. The molecule has 4 heteroatoms. The van der Waals surface area contributed by atoms with Gasteiger partial charge in [-0.25, -0.2) is 8.42 Å². The van der Waals surface area contributed by atoms with Gasteiger partial charge in [-0.2, -0.15) is 0 Å². The Morgan fingerprint density at radius 2 is 1.72 bits per heavy atom. The quantitative estimate of drug-likeness (QED) is 0.772. The smallest absolute Gasteiger partial charge is 0.153 e. The van der Waals surface area contributed by atoms with E-state index in [1.54, 1.807) is 13.8 Å². The highest BCUT2D eigenvalue weighted by molar-refractivity contribution is 7.92. The Hall–Kier alpha value is -0.870. The van der Waals surface area contributed by atoms with E-state index in [0.717, 1.165) is 6.54 Å². The van der Waals surface area contributed by atoms with Crippen molar-refractivity contribution in [1.29, 1.82) is 0 Å². The maximum absolute atomic E-state index is 11.6. The molecule has 0 heterocycles. The van der Waals surface area contributed by atoms with Crippen molar-refractivity contribution in [2.45, 2.75) is 31.9 Å². The standard InChI is InChI=1S/C14H23NO2S/c1-12(2)18(16,17)10-9-15-11-13(3)14-7-5-4-6-8-14/h4-8,12-13,15H,9-11H2,1-3H3. The average Bonchev–Trinajstić information content (AvgIpc) is 2.35. The minimum atomic E-state index is -2.92. The van der Waals surface area contributed by atoms with Crippen LogP contribution in [0.4, 0.5) is 0 Å². The molecule has 1 aromatic carbocycles. The summed E-state index contributed by atoms with van der Waals surface area (Å²) in [4.78, 5) is 0. The van der Waals surface area contributed by atoms with E-state index in [1.807, 2.05) is 18.2 Å². The van der Waals surface area contributed by atoms with Crippen LogP contribution in [0, 0.1) is 0 Å². The number of rotatable bonds is 7. The third-order valence-corrected chi connectivity index (χ3v) is 5.31. The predicted molar refractivity (Wildman–Crippen MR) is 76.6 cm³/mol. The largest absolute Gasteiger partial charge is 0.315 e. The summed E-state index contributed by atoms with van der Waals surface area (Å²) in [5.41, 5.74) is 1.27. The fourth-order valence-corrected chi connectivity index (χ4v) is 2.57. The fraction of sp³-hybridized carbons (Fsp3) is 0.571. The van der Waals surface area contributed by atoms with Gasteiger partial charge in [-0.15, -0.1) is 0 Å². The van der Waals surface area contributed by atoms with E-state index in [4.69, 9.17) is 0 Å². The summed E-state index contributed by atoms with van der Waals surface area (Å²) in [5, 5.41) is 2.93. The van der Waals surface area contributed by atoms with Gasteiger partial charge >= 0.3 is 0 Å². The summed E-state index contributed by atoms with van der Waals surface area (Å²) in [7, 11) is -2.92. The van der Waals surface area contributed by atoms with Gasteiger partial charge in [-0.05, 0) is 25.3 Å². The van der Waals surface area contributed by atoms with Gasteiger partial charge in [0.05, 0.1) is 11.0 Å². The summed E-state index contributed by atoms with van der Waals surface area (Å²) in [6.07, 6.45) is 0. The van der Waals surface area contributed by atoms with Gasteiger partial charge in [-0.1, -0.05) is 37.3 Å². The van der Waals surface area contributed by atoms with Gasteiger partial charge < -0.3 is 5.32 Å².